The number of fused-ring (bicyclic) bond motifs is 1. The minimum absolute atomic E-state index is 0.0209. The molecule has 4 N–H and O–H groups in total. The van der Waals surface area contributed by atoms with Crippen LogP contribution in [0.5, 0.6) is 0 Å². The van der Waals surface area contributed by atoms with Gasteiger partial charge in [0.2, 0.25) is 0 Å². The van der Waals surface area contributed by atoms with Gasteiger partial charge in [-0.15, -0.1) is 0 Å². The van der Waals surface area contributed by atoms with E-state index in [4.69, 9.17) is 23.7 Å². The maximum Gasteiger partial charge on any atom is 0.408 e. The normalized spacial score (nSPS) is 40.0. The van der Waals surface area contributed by atoms with E-state index in [1.165, 1.54) is 19.1 Å². The average molecular weight is 723 g/mol. The van der Waals surface area contributed by atoms with Crippen molar-refractivity contribution in [1.29, 1.82) is 0 Å². The lowest BCUT2D eigenvalue weighted by Crippen LogP contribution is -2.60. The van der Waals surface area contributed by atoms with Crippen LogP contribution in [-0.2, 0) is 33.3 Å². The van der Waals surface area contributed by atoms with Gasteiger partial charge in [0.25, 0.3) is 0 Å². The number of carbonyl (C=O) groups excluding carboxylic acids is 3. The third-order valence-corrected chi connectivity index (χ3v) is 11.1. The SMILES string of the molecule is CC[C@@H]1OC(=O)C(C)C(=O)[C@H](C)[C@@H](O[C@@H]2O[C@H](CNc3cccc(F)c3)CC(N(C)C)C2O)[C@](C)(OC)C[C@@H](C)CN[C@H](C)[C@H]2NC(=O)O[C@]12C. The molecule has 0 spiro atoms. The molecule has 0 aliphatic carbocycles. The first-order valence-electron chi connectivity index (χ1n) is 18.1. The summed E-state index contributed by atoms with van der Waals surface area (Å²) in [5.74, 6) is -3.66. The third-order valence-electron chi connectivity index (χ3n) is 11.1. The molecule has 14 heteroatoms. The molecule has 0 radical (unpaired) electrons. The number of ether oxygens (including phenoxy) is 5. The number of halogens is 1. The standard InChI is InChI=1S/C37H59FN4O9/c1-11-28-37(7)31(41-35(46)51-37)23(5)39-18-20(2)17-36(6,47-10)32(21(3)29(43)22(4)33(45)49-28)50-34-30(44)27(42(8)9)16-26(48-34)19-40-25-14-12-13-24(38)15-25/h12-15,20-23,26-28,30-32,34,39-40,44H,11,16-19H2,1-10H3,(H,41,46)/t20-,21+,22?,23-,26+,27?,28+,30?,31-,32-,34+,36-,37-/m1/s1. The summed E-state index contributed by atoms with van der Waals surface area (Å²) in [5, 5.41) is 21.2. The Labute approximate surface area is 301 Å². The van der Waals surface area contributed by atoms with E-state index in [1.807, 2.05) is 46.7 Å². The van der Waals surface area contributed by atoms with E-state index in [-0.39, 0.29) is 23.8 Å². The minimum atomic E-state index is -1.19. The van der Waals surface area contributed by atoms with E-state index in [1.54, 1.807) is 33.1 Å². The predicted molar refractivity (Wildman–Crippen MR) is 188 cm³/mol. The van der Waals surface area contributed by atoms with Crippen LogP contribution >= 0.6 is 0 Å². The molecule has 4 rings (SSSR count). The summed E-state index contributed by atoms with van der Waals surface area (Å²) < 4.78 is 44.9. The molecule has 0 saturated carbocycles. The van der Waals surface area contributed by atoms with Gasteiger partial charge in [-0.1, -0.05) is 26.8 Å². The average Bonchev–Trinajstić information content (AvgIpc) is 3.40. The van der Waals surface area contributed by atoms with Crippen molar-refractivity contribution in [1.82, 2.24) is 15.5 Å². The molecule has 0 bridgehead atoms. The number of Topliss-reactive ketones (excluding diaryl/α,β-unsaturated/α-hetero) is 1. The number of alkyl carbamates (subject to hydrolysis) is 1. The first kappa shape index (κ1) is 40.9. The van der Waals surface area contributed by atoms with Crippen LogP contribution in [0.4, 0.5) is 14.9 Å². The number of anilines is 1. The summed E-state index contributed by atoms with van der Waals surface area (Å²) >= 11 is 0. The van der Waals surface area contributed by atoms with Gasteiger partial charge in [-0.3, -0.25) is 9.59 Å². The van der Waals surface area contributed by atoms with Crippen LogP contribution in [0.15, 0.2) is 24.3 Å². The van der Waals surface area contributed by atoms with E-state index in [0.717, 1.165) is 0 Å². The molecule has 3 unspecified atom stereocenters. The molecular weight excluding hydrogens is 663 g/mol. The summed E-state index contributed by atoms with van der Waals surface area (Å²) in [6.45, 7) is 13.5. The van der Waals surface area contributed by atoms with Crippen molar-refractivity contribution in [3.63, 3.8) is 0 Å². The quantitative estimate of drug-likeness (QED) is 0.229. The molecule has 1 amide bonds. The van der Waals surface area contributed by atoms with Crippen LogP contribution in [0.25, 0.3) is 0 Å². The number of hydrogen-bond acceptors (Lipinski definition) is 12. The Morgan fingerprint density at radius 2 is 1.84 bits per heavy atom. The fourth-order valence-electron chi connectivity index (χ4n) is 7.98. The molecular formula is C37H59FN4O9. The Hall–Kier alpha value is -2.88. The summed E-state index contributed by atoms with van der Waals surface area (Å²) in [7, 11) is 5.28. The van der Waals surface area contributed by atoms with Crippen LogP contribution < -0.4 is 16.0 Å². The second-order valence-electron chi connectivity index (χ2n) is 15.3. The van der Waals surface area contributed by atoms with Crippen molar-refractivity contribution in [3.8, 4) is 0 Å². The Balaban J connectivity index is 1.66. The third kappa shape index (κ3) is 9.20. The van der Waals surface area contributed by atoms with E-state index >= 15 is 0 Å². The highest BCUT2D eigenvalue weighted by Crippen LogP contribution is 2.38. The first-order chi connectivity index (χ1) is 23.9. The molecule has 288 valence electrons. The fourth-order valence-corrected chi connectivity index (χ4v) is 7.98. The molecule has 3 aliphatic heterocycles. The number of nitrogens with one attached hydrogen (secondary N) is 3. The number of aliphatic hydroxyl groups excluding tert-OH is 1. The van der Waals surface area contributed by atoms with Gasteiger partial charge < -0.3 is 49.6 Å². The van der Waals surface area contributed by atoms with Crippen molar-refractivity contribution in [2.24, 2.45) is 17.8 Å². The Morgan fingerprint density at radius 1 is 1.14 bits per heavy atom. The fraction of sp³-hybridized carbons (Fsp3) is 0.757. The Morgan fingerprint density at radius 3 is 2.47 bits per heavy atom. The van der Waals surface area contributed by atoms with Crippen molar-refractivity contribution in [3.05, 3.63) is 30.1 Å². The Bertz CT molecular complexity index is 1370. The van der Waals surface area contributed by atoms with Gasteiger partial charge in [-0.25, -0.2) is 9.18 Å². The number of amides is 1. The zero-order valence-electron chi connectivity index (χ0n) is 31.7. The molecule has 13 atom stereocenters. The van der Waals surface area contributed by atoms with Gasteiger partial charge in [0.15, 0.2) is 17.7 Å². The monoisotopic (exact) mass is 722 g/mol. The number of carbonyl (C=O) groups is 3. The van der Waals surface area contributed by atoms with Crippen molar-refractivity contribution < 1.29 is 47.6 Å². The van der Waals surface area contributed by atoms with Crippen molar-refractivity contribution in [2.45, 2.75) is 128 Å². The smallest absolute Gasteiger partial charge is 0.408 e. The number of ketones is 1. The van der Waals surface area contributed by atoms with Gasteiger partial charge in [-0.2, -0.15) is 0 Å². The van der Waals surface area contributed by atoms with E-state index in [9.17, 15) is 23.9 Å². The topological polar surface area (TPSA) is 157 Å². The predicted octanol–water partition coefficient (Wildman–Crippen LogP) is 3.48. The largest absolute Gasteiger partial charge is 0.458 e. The first-order valence-corrected chi connectivity index (χ1v) is 18.1. The lowest BCUT2D eigenvalue weighted by atomic mass is 9.78. The van der Waals surface area contributed by atoms with E-state index < -0.39 is 77.6 Å². The van der Waals surface area contributed by atoms with Gasteiger partial charge >= 0.3 is 12.1 Å². The number of hydrogen-bond donors (Lipinski definition) is 4. The molecule has 3 saturated heterocycles. The second kappa shape index (κ2) is 16.9. The van der Waals surface area contributed by atoms with Crippen LogP contribution in [0.3, 0.4) is 0 Å². The summed E-state index contributed by atoms with van der Waals surface area (Å²) in [5.41, 5.74) is -1.68. The molecule has 1 aromatic carbocycles. The van der Waals surface area contributed by atoms with Crippen LogP contribution in [-0.4, -0.2) is 122 Å². The molecule has 51 heavy (non-hydrogen) atoms. The van der Waals surface area contributed by atoms with Gasteiger partial charge in [-0.05, 0) is 91.7 Å². The van der Waals surface area contributed by atoms with Gasteiger partial charge in [0, 0.05) is 37.3 Å². The van der Waals surface area contributed by atoms with Gasteiger partial charge in [0.1, 0.15) is 23.9 Å². The zero-order valence-corrected chi connectivity index (χ0v) is 31.7. The maximum absolute atomic E-state index is 14.2. The number of esters is 1. The van der Waals surface area contributed by atoms with Crippen LogP contribution in [0, 0.1) is 23.6 Å². The number of aliphatic hydroxyl groups is 1. The molecule has 3 heterocycles. The lowest BCUT2D eigenvalue weighted by molar-refractivity contribution is -0.296. The second-order valence-corrected chi connectivity index (χ2v) is 15.3. The number of likely N-dealkylation sites (N-methyl/N-ethyl adjacent to an activating group) is 1. The van der Waals surface area contributed by atoms with E-state index in [0.29, 0.717) is 38.0 Å². The number of benzene rings is 1. The molecule has 1 aromatic rings. The highest BCUT2D eigenvalue weighted by molar-refractivity contribution is 6.00. The number of methoxy groups -OCH3 is 1. The maximum atomic E-state index is 14.2. The molecule has 0 aromatic heterocycles. The lowest BCUT2D eigenvalue weighted by Gasteiger charge is -2.47. The molecule has 3 aliphatic rings. The summed E-state index contributed by atoms with van der Waals surface area (Å²) in [6, 6.07) is 4.98. The number of rotatable bonds is 8. The van der Waals surface area contributed by atoms with Crippen LogP contribution in [0.1, 0.15) is 67.7 Å². The number of nitrogens with zero attached hydrogens (tertiary/aromatic N) is 1. The number of cyclic esters (lactones) is 1. The highest BCUT2D eigenvalue weighted by atomic mass is 19.1. The van der Waals surface area contributed by atoms with Crippen LogP contribution in [0.2, 0.25) is 0 Å². The summed E-state index contributed by atoms with van der Waals surface area (Å²) in [6.07, 6.45) is -3.84. The molecule has 3 fully saturated rings. The Kier molecular flexibility index (Phi) is 13.5. The van der Waals surface area contributed by atoms with E-state index in [2.05, 4.69) is 16.0 Å². The molecule has 13 nitrogen and oxygen atoms in total. The minimum Gasteiger partial charge on any atom is -0.458 e. The highest BCUT2D eigenvalue weighted by Gasteiger charge is 2.55. The van der Waals surface area contributed by atoms with Gasteiger partial charge in [0.05, 0.1) is 23.9 Å². The van der Waals surface area contributed by atoms with Crippen molar-refractivity contribution >= 4 is 23.5 Å². The summed E-state index contributed by atoms with van der Waals surface area (Å²) in [4.78, 5) is 42.3. The van der Waals surface area contributed by atoms with Crippen molar-refractivity contribution in [2.75, 3.05) is 39.6 Å². The zero-order chi connectivity index (χ0) is 37.8.